The molecule has 0 bridgehead atoms. The van der Waals surface area contributed by atoms with Crippen LogP contribution in [0.25, 0.3) is 0 Å². The molecule has 0 aromatic heterocycles. The normalized spacial score (nSPS) is 10.9. The third-order valence-electron chi connectivity index (χ3n) is 4.75. The highest BCUT2D eigenvalue weighted by Crippen LogP contribution is 2.10. The summed E-state index contributed by atoms with van der Waals surface area (Å²) in [6, 6.07) is 14.2. The highest BCUT2D eigenvalue weighted by molar-refractivity contribution is 5.79. The van der Waals surface area contributed by atoms with Crippen molar-refractivity contribution in [3.8, 4) is 0 Å². The predicted molar refractivity (Wildman–Crippen MR) is 133 cm³/mol. The highest BCUT2D eigenvalue weighted by atomic mass is 16.6. The van der Waals surface area contributed by atoms with Crippen LogP contribution in [0.4, 0.5) is 16.2 Å². The van der Waals surface area contributed by atoms with Gasteiger partial charge in [0, 0.05) is 37.6 Å². The van der Waals surface area contributed by atoms with Gasteiger partial charge in [0.15, 0.2) is 0 Å². The van der Waals surface area contributed by atoms with Crippen molar-refractivity contribution < 1.29 is 19.1 Å². The highest BCUT2D eigenvalue weighted by Gasteiger charge is 2.22. The van der Waals surface area contributed by atoms with Crippen molar-refractivity contribution in [1.82, 2.24) is 15.5 Å². The van der Waals surface area contributed by atoms with Gasteiger partial charge in [-0.1, -0.05) is 24.3 Å². The average molecular weight is 470 g/mol. The Balaban J connectivity index is 1.83. The summed E-state index contributed by atoms with van der Waals surface area (Å²) < 4.78 is 5.47. The van der Waals surface area contributed by atoms with E-state index in [4.69, 9.17) is 16.2 Å². The molecule has 2 aromatic carbocycles. The minimum atomic E-state index is -0.661. The number of anilines is 2. The molecule has 9 nitrogen and oxygen atoms in total. The Kier molecular flexibility index (Phi) is 9.73. The van der Waals surface area contributed by atoms with Crippen LogP contribution in [0.3, 0.4) is 0 Å². The first kappa shape index (κ1) is 26.5. The Morgan fingerprint density at radius 3 is 1.50 bits per heavy atom. The Hall–Kier alpha value is -3.75. The van der Waals surface area contributed by atoms with Crippen molar-refractivity contribution in [2.45, 2.75) is 39.2 Å². The predicted octanol–water partition coefficient (Wildman–Crippen LogP) is 2.11. The summed E-state index contributed by atoms with van der Waals surface area (Å²) in [6.07, 6.45) is -0.0741. The number of rotatable bonds is 10. The molecule has 0 spiro atoms. The molecule has 0 radical (unpaired) electrons. The maximum Gasteiger partial charge on any atom is 0.410 e. The first-order valence-corrected chi connectivity index (χ1v) is 11.2. The molecular formula is C25H35N5O4. The molecule has 3 amide bonds. The fourth-order valence-electron chi connectivity index (χ4n) is 3.05. The van der Waals surface area contributed by atoms with E-state index in [1.807, 2.05) is 0 Å². The maximum atomic E-state index is 12.6. The quantitative estimate of drug-likeness (QED) is 0.393. The maximum absolute atomic E-state index is 12.6. The van der Waals surface area contributed by atoms with Crippen LogP contribution in [0, 0.1) is 0 Å². The van der Waals surface area contributed by atoms with Crippen molar-refractivity contribution in [2.24, 2.45) is 0 Å². The molecule has 34 heavy (non-hydrogen) atoms. The van der Waals surface area contributed by atoms with Gasteiger partial charge >= 0.3 is 6.09 Å². The Labute approximate surface area is 200 Å². The van der Waals surface area contributed by atoms with E-state index in [1.54, 1.807) is 69.3 Å². The topological polar surface area (TPSA) is 140 Å². The second-order valence-electron chi connectivity index (χ2n) is 9.00. The lowest BCUT2D eigenvalue weighted by Gasteiger charge is -2.27. The van der Waals surface area contributed by atoms with Gasteiger partial charge in [-0.05, 0) is 56.2 Å². The molecule has 0 heterocycles. The molecule has 0 aliphatic rings. The van der Waals surface area contributed by atoms with Crippen molar-refractivity contribution in [2.75, 3.05) is 37.6 Å². The number of hydrogen-bond acceptors (Lipinski definition) is 6. The zero-order chi connectivity index (χ0) is 25.1. The number of carbonyl (C=O) groups is 3. The van der Waals surface area contributed by atoms with Crippen LogP contribution < -0.4 is 22.1 Å². The lowest BCUT2D eigenvalue weighted by atomic mass is 10.1. The second kappa shape index (κ2) is 12.5. The van der Waals surface area contributed by atoms with Crippen molar-refractivity contribution >= 4 is 29.3 Å². The molecule has 0 aliphatic carbocycles. The Morgan fingerprint density at radius 2 is 1.15 bits per heavy atom. The van der Waals surface area contributed by atoms with E-state index in [-0.39, 0.29) is 50.8 Å². The average Bonchev–Trinajstić information content (AvgIpc) is 2.74. The van der Waals surface area contributed by atoms with E-state index < -0.39 is 11.7 Å². The molecule has 9 heteroatoms. The summed E-state index contributed by atoms with van der Waals surface area (Å²) in [7, 11) is 0. The molecule has 0 atom stereocenters. The van der Waals surface area contributed by atoms with Crippen molar-refractivity contribution in [3.05, 3.63) is 59.7 Å². The summed E-state index contributed by atoms with van der Waals surface area (Å²) in [4.78, 5) is 38.5. The SMILES string of the molecule is CC(C)(C)OC(=O)N(CCNC(=O)Cc1ccc(N)cc1)CCNC(=O)Cc1ccc(N)cc1. The Morgan fingerprint density at radius 1 is 0.765 bits per heavy atom. The van der Waals surface area contributed by atoms with Gasteiger partial charge < -0.3 is 31.7 Å². The minimum Gasteiger partial charge on any atom is -0.444 e. The van der Waals surface area contributed by atoms with E-state index in [9.17, 15) is 14.4 Å². The van der Waals surface area contributed by atoms with E-state index in [0.29, 0.717) is 11.4 Å². The van der Waals surface area contributed by atoms with Crippen LogP contribution in [0.15, 0.2) is 48.5 Å². The fourth-order valence-corrected chi connectivity index (χ4v) is 3.05. The lowest BCUT2D eigenvalue weighted by Crippen LogP contribution is -2.45. The minimum absolute atomic E-state index is 0.161. The molecule has 0 fully saturated rings. The number of carbonyl (C=O) groups excluding carboxylic acids is 3. The number of nitrogens with two attached hydrogens (primary N) is 2. The number of benzene rings is 2. The zero-order valence-electron chi connectivity index (χ0n) is 20.1. The molecule has 0 unspecified atom stereocenters. The number of amides is 3. The zero-order valence-corrected chi connectivity index (χ0v) is 20.1. The molecule has 0 aliphatic heterocycles. The van der Waals surface area contributed by atoms with Gasteiger partial charge in [-0.25, -0.2) is 4.79 Å². The number of nitrogens with one attached hydrogen (secondary N) is 2. The van der Waals surface area contributed by atoms with Crippen LogP contribution in [-0.4, -0.2) is 54.6 Å². The van der Waals surface area contributed by atoms with E-state index in [2.05, 4.69) is 10.6 Å². The van der Waals surface area contributed by atoms with Crippen LogP contribution in [-0.2, 0) is 27.2 Å². The number of nitrogen functional groups attached to an aromatic ring is 2. The van der Waals surface area contributed by atoms with Gasteiger partial charge in [-0.3, -0.25) is 9.59 Å². The molecule has 0 saturated carbocycles. The number of hydrogen-bond donors (Lipinski definition) is 4. The van der Waals surface area contributed by atoms with Crippen LogP contribution >= 0.6 is 0 Å². The molecular weight excluding hydrogens is 434 g/mol. The summed E-state index contributed by atoms with van der Waals surface area (Å²) in [5.74, 6) is -0.323. The fraction of sp³-hybridized carbons (Fsp3) is 0.400. The van der Waals surface area contributed by atoms with Crippen LogP contribution in [0.2, 0.25) is 0 Å². The van der Waals surface area contributed by atoms with Crippen LogP contribution in [0.1, 0.15) is 31.9 Å². The van der Waals surface area contributed by atoms with Gasteiger partial charge in [-0.15, -0.1) is 0 Å². The van der Waals surface area contributed by atoms with Gasteiger partial charge in [0.2, 0.25) is 11.8 Å². The lowest BCUT2D eigenvalue weighted by molar-refractivity contribution is -0.121. The molecule has 2 aromatic rings. The smallest absolute Gasteiger partial charge is 0.410 e. The Bertz CT molecular complexity index is 887. The van der Waals surface area contributed by atoms with Crippen LogP contribution in [0.5, 0.6) is 0 Å². The molecule has 0 saturated heterocycles. The van der Waals surface area contributed by atoms with Crippen molar-refractivity contribution in [3.63, 3.8) is 0 Å². The number of nitrogens with zero attached hydrogens (tertiary/aromatic N) is 1. The standard InChI is InChI=1S/C25H35N5O4/c1-25(2,3)34-24(33)30(14-12-28-22(31)16-18-4-8-20(26)9-5-18)15-13-29-23(32)17-19-6-10-21(27)11-7-19/h4-11H,12-17,26-27H2,1-3H3,(H,28,31)(H,29,32). The summed E-state index contributed by atoms with van der Waals surface area (Å²) in [5, 5.41) is 5.63. The van der Waals surface area contributed by atoms with Gasteiger partial charge in [0.1, 0.15) is 5.60 Å². The van der Waals surface area contributed by atoms with Gasteiger partial charge in [-0.2, -0.15) is 0 Å². The molecule has 2 rings (SSSR count). The monoisotopic (exact) mass is 469 g/mol. The summed E-state index contributed by atoms with van der Waals surface area (Å²) >= 11 is 0. The first-order valence-electron chi connectivity index (χ1n) is 11.2. The third-order valence-corrected chi connectivity index (χ3v) is 4.75. The van der Waals surface area contributed by atoms with E-state index in [1.165, 1.54) is 4.90 Å². The third kappa shape index (κ3) is 10.2. The molecule has 6 N–H and O–H groups in total. The first-order chi connectivity index (χ1) is 16.0. The molecule has 184 valence electrons. The second-order valence-corrected chi connectivity index (χ2v) is 9.00. The largest absolute Gasteiger partial charge is 0.444 e. The van der Waals surface area contributed by atoms with Gasteiger partial charge in [0.25, 0.3) is 0 Å². The van der Waals surface area contributed by atoms with Crippen molar-refractivity contribution in [1.29, 1.82) is 0 Å². The van der Waals surface area contributed by atoms with E-state index >= 15 is 0 Å². The summed E-state index contributed by atoms with van der Waals surface area (Å²) in [5.41, 5.74) is 13.6. The van der Waals surface area contributed by atoms with E-state index in [0.717, 1.165) is 11.1 Å². The number of ether oxygens (including phenoxy) is 1. The van der Waals surface area contributed by atoms with Gasteiger partial charge in [0.05, 0.1) is 12.8 Å². The summed E-state index contributed by atoms with van der Waals surface area (Å²) in [6.45, 7) is 6.36.